The van der Waals surface area contributed by atoms with Crippen molar-refractivity contribution in [3.63, 3.8) is 0 Å². The fourth-order valence-corrected chi connectivity index (χ4v) is 4.35. The van der Waals surface area contributed by atoms with E-state index in [0.717, 1.165) is 57.3 Å². The summed E-state index contributed by atoms with van der Waals surface area (Å²) in [6, 6.07) is 12.1. The van der Waals surface area contributed by atoms with Crippen molar-refractivity contribution in [3.05, 3.63) is 70.9 Å². The highest BCUT2D eigenvalue weighted by molar-refractivity contribution is 6.15. The number of aryl methyl sites for hydroxylation is 1. The van der Waals surface area contributed by atoms with Crippen molar-refractivity contribution >= 4 is 11.7 Å². The summed E-state index contributed by atoms with van der Waals surface area (Å²) in [4.78, 5) is 30.4. The Kier molecular flexibility index (Phi) is 8.89. The molecule has 1 aromatic carbocycles. The normalized spacial score (nSPS) is 16.3. The molecule has 0 saturated carbocycles. The summed E-state index contributed by atoms with van der Waals surface area (Å²) in [5, 5.41) is 10.8. The van der Waals surface area contributed by atoms with E-state index in [4.69, 9.17) is 4.42 Å². The maximum absolute atomic E-state index is 13.3. The molecule has 0 fully saturated rings. The van der Waals surface area contributed by atoms with Gasteiger partial charge in [0.15, 0.2) is 11.5 Å². The van der Waals surface area contributed by atoms with Crippen LogP contribution in [0.3, 0.4) is 0 Å². The zero-order chi connectivity index (χ0) is 23.8. The zero-order valence-corrected chi connectivity index (χ0v) is 20.0. The first-order valence-corrected chi connectivity index (χ1v) is 12.1. The van der Waals surface area contributed by atoms with Crippen LogP contribution in [0.1, 0.15) is 73.9 Å². The molecule has 1 aliphatic heterocycles. The van der Waals surface area contributed by atoms with Crippen molar-refractivity contribution in [2.24, 2.45) is 0 Å². The monoisotopic (exact) mass is 452 g/mol. The van der Waals surface area contributed by atoms with Gasteiger partial charge in [0.2, 0.25) is 5.78 Å². The van der Waals surface area contributed by atoms with E-state index in [9.17, 15) is 14.7 Å². The summed E-state index contributed by atoms with van der Waals surface area (Å²) < 4.78 is 5.52. The zero-order valence-electron chi connectivity index (χ0n) is 20.0. The second kappa shape index (κ2) is 11.8. The van der Waals surface area contributed by atoms with Crippen molar-refractivity contribution in [3.8, 4) is 0 Å². The number of hydrogen-bond acceptors (Lipinski definition) is 5. The van der Waals surface area contributed by atoms with Crippen LogP contribution in [-0.2, 0) is 4.79 Å². The van der Waals surface area contributed by atoms with Crippen LogP contribution in [0.15, 0.2) is 58.2 Å². The SMILES string of the molecule is CCCCN(CCCC)CCCN1C(=O)C(O)=C(C(=O)c2ccc(C)o2)[C@H]1c1ccccc1. The molecular formula is C27H36N2O4. The van der Waals surface area contributed by atoms with Crippen LogP contribution in [0.4, 0.5) is 0 Å². The van der Waals surface area contributed by atoms with E-state index in [0.29, 0.717) is 12.3 Å². The molecule has 0 aliphatic carbocycles. The number of hydrogen-bond donors (Lipinski definition) is 1. The van der Waals surface area contributed by atoms with Crippen LogP contribution in [-0.4, -0.2) is 52.8 Å². The third-order valence-electron chi connectivity index (χ3n) is 6.16. The predicted molar refractivity (Wildman–Crippen MR) is 129 cm³/mol. The number of carbonyl (C=O) groups excluding carboxylic acids is 2. The Labute approximate surface area is 196 Å². The maximum atomic E-state index is 13.3. The molecule has 178 valence electrons. The van der Waals surface area contributed by atoms with Crippen molar-refractivity contribution in [2.75, 3.05) is 26.2 Å². The Balaban J connectivity index is 1.81. The fourth-order valence-electron chi connectivity index (χ4n) is 4.35. The number of unbranched alkanes of at least 4 members (excludes halogenated alkanes) is 2. The number of furan rings is 1. The molecule has 33 heavy (non-hydrogen) atoms. The number of rotatable bonds is 13. The number of carbonyl (C=O) groups is 2. The van der Waals surface area contributed by atoms with Gasteiger partial charge in [-0.2, -0.15) is 0 Å². The van der Waals surface area contributed by atoms with Gasteiger partial charge in [-0.3, -0.25) is 9.59 Å². The third-order valence-corrected chi connectivity index (χ3v) is 6.16. The molecule has 2 aromatic rings. The molecular weight excluding hydrogens is 416 g/mol. The Morgan fingerprint density at radius 3 is 2.21 bits per heavy atom. The number of aliphatic hydroxyl groups is 1. The van der Waals surface area contributed by atoms with Gasteiger partial charge < -0.3 is 19.3 Å². The van der Waals surface area contributed by atoms with Crippen LogP contribution in [0.5, 0.6) is 0 Å². The Morgan fingerprint density at radius 2 is 1.64 bits per heavy atom. The fraction of sp³-hybridized carbons (Fsp3) is 0.481. The topological polar surface area (TPSA) is 74.0 Å². The molecule has 0 spiro atoms. The lowest BCUT2D eigenvalue weighted by Gasteiger charge is -2.28. The first kappa shape index (κ1) is 24.8. The highest BCUT2D eigenvalue weighted by Gasteiger charge is 2.44. The van der Waals surface area contributed by atoms with E-state index in [2.05, 4.69) is 18.7 Å². The van der Waals surface area contributed by atoms with E-state index < -0.39 is 23.5 Å². The molecule has 6 nitrogen and oxygen atoms in total. The average Bonchev–Trinajstić information content (AvgIpc) is 3.37. The summed E-state index contributed by atoms with van der Waals surface area (Å²) in [5.41, 5.74) is 0.893. The van der Waals surface area contributed by atoms with Crippen LogP contribution in [0.2, 0.25) is 0 Å². The number of nitrogens with zero attached hydrogens (tertiary/aromatic N) is 2. The van der Waals surface area contributed by atoms with E-state index in [1.807, 2.05) is 30.3 Å². The van der Waals surface area contributed by atoms with Gasteiger partial charge in [-0.1, -0.05) is 57.0 Å². The molecule has 6 heteroatoms. The Bertz CT molecular complexity index is 956. The Hall–Kier alpha value is -2.86. The van der Waals surface area contributed by atoms with E-state index in [1.54, 1.807) is 24.0 Å². The largest absolute Gasteiger partial charge is 0.503 e. The van der Waals surface area contributed by atoms with Gasteiger partial charge in [0.05, 0.1) is 11.6 Å². The molecule has 1 aromatic heterocycles. The van der Waals surface area contributed by atoms with Crippen molar-refractivity contribution in [1.29, 1.82) is 0 Å². The Morgan fingerprint density at radius 1 is 1.00 bits per heavy atom. The number of ketones is 1. The first-order valence-electron chi connectivity index (χ1n) is 12.1. The number of amides is 1. The molecule has 3 rings (SSSR count). The molecule has 0 radical (unpaired) electrons. The average molecular weight is 453 g/mol. The van der Waals surface area contributed by atoms with Crippen molar-refractivity contribution in [1.82, 2.24) is 9.80 Å². The molecule has 2 heterocycles. The highest BCUT2D eigenvalue weighted by atomic mass is 16.3. The molecule has 0 bridgehead atoms. The van der Waals surface area contributed by atoms with Crippen LogP contribution >= 0.6 is 0 Å². The standard InChI is InChI=1S/C27H36N2O4/c1-4-6-16-28(17-7-5-2)18-11-19-29-24(21-12-9-8-10-13-21)23(26(31)27(29)32)25(30)22-15-14-20(3)33-22/h8-10,12-15,24,31H,4-7,11,16-19H2,1-3H3/t24-/m1/s1. The smallest absolute Gasteiger partial charge is 0.290 e. The van der Waals surface area contributed by atoms with E-state index in [1.165, 1.54) is 0 Å². The van der Waals surface area contributed by atoms with Crippen LogP contribution in [0, 0.1) is 6.92 Å². The lowest BCUT2D eigenvalue weighted by molar-refractivity contribution is -0.129. The van der Waals surface area contributed by atoms with E-state index >= 15 is 0 Å². The summed E-state index contributed by atoms with van der Waals surface area (Å²) in [7, 11) is 0. The van der Waals surface area contributed by atoms with Crippen molar-refractivity contribution < 1.29 is 19.1 Å². The minimum Gasteiger partial charge on any atom is -0.503 e. The van der Waals surface area contributed by atoms with Gasteiger partial charge in [0, 0.05) is 6.54 Å². The molecule has 1 aliphatic rings. The van der Waals surface area contributed by atoms with Gasteiger partial charge >= 0.3 is 0 Å². The molecule has 1 N–H and O–H groups in total. The maximum Gasteiger partial charge on any atom is 0.290 e. The lowest BCUT2D eigenvalue weighted by atomic mass is 9.95. The molecule has 1 amide bonds. The number of benzene rings is 1. The van der Waals surface area contributed by atoms with Crippen molar-refractivity contribution in [2.45, 2.75) is 58.9 Å². The predicted octanol–water partition coefficient (Wildman–Crippen LogP) is 5.46. The molecule has 0 saturated heterocycles. The van der Waals surface area contributed by atoms with Gasteiger partial charge in [-0.25, -0.2) is 0 Å². The lowest BCUT2D eigenvalue weighted by Crippen LogP contribution is -2.35. The summed E-state index contributed by atoms with van der Waals surface area (Å²) in [6.07, 6.45) is 5.39. The quantitative estimate of drug-likeness (QED) is 0.409. The van der Waals surface area contributed by atoms with Crippen LogP contribution < -0.4 is 0 Å². The molecule has 0 unspecified atom stereocenters. The van der Waals surface area contributed by atoms with E-state index in [-0.39, 0.29) is 11.3 Å². The van der Waals surface area contributed by atoms with Gasteiger partial charge in [-0.15, -0.1) is 0 Å². The van der Waals surface area contributed by atoms with Gasteiger partial charge in [0.25, 0.3) is 5.91 Å². The summed E-state index contributed by atoms with van der Waals surface area (Å²) >= 11 is 0. The number of aliphatic hydroxyl groups excluding tert-OH is 1. The van der Waals surface area contributed by atoms with Gasteiger partial charge in [0.1, 0.15) is 5.76 Å². The number of Topliss-reactive ketones (excluding diaryl/α,β-unsaturated/α-hetero) is 1. The first-order chi connectivity index (χ1) is 16.0. The minimum atomic E-state index is -0.628. The highest BCUT2D eigenvalue weighted by Crippen LogP contribution is 2.39. The minimum absolute atomic E-state index is 0.0920. The third kappa shape index (κ3) is 5.93. The second-order valence-electron chi connectivity index (χ2n) is 8.72. The summed E-state index contributed by atoms with van der Waals surface area (Å²) in [5.74, 6) is -0.677. The molecule has 1 atom stereocenters. The second-order valence-corrected chi connectivity index (χ2v) is 8.72. The summed E-state index contributed by atoms with van der Waals surface area (Å²) in [6.45, 7) is 9.60. The van der Waals surface area contributed by atoms with Crippen LogP contribution in [0.25, 0.3) is 0 Å². The van der Waals surface area contributed by atoms with Gasteiger partial charge in [-0.05, 0) is 63.5 Å².